The number of carbonyl (C=O) groups excluding carboxylic acids is 1. The fraction of sp³-hybridized carbons (Fsp3) is 0.100. The van der Waals surface area contributed by atoms with Crippen molar-refractivity contribution in [1.82, 2.24) is 5.01 Å². The van der Waals surface area contributed by atoms with Gasteiger partial charge in [-0.05, 0) is 36.4 Å². The Labute approximate surface area is 192 Å². The third-order valence-corrected chi connectivity index (χ3v) is 6.88. The summed E-state index contributed by atoms with van der Waals surface area (Å²) in [5, 5.41) is 26.1. The monoisotopic (exact) mass is 485 g/mol. The molecule has 0 saturated carbocycles. The number of hydrazone groups is 1. The molecule has 1 amide bonds. The van der Waals surface area contributed by atoms with Crippen molar-refractivity contribution in [2.24, 2.45) is 10.1 Å². The molecule has 1 N–H and O–H groups in total. The minimum absolute atomic E-state index is 0.111. The molecule has 2 aliphatic heterocycles. The van der Waals surface area contributed by atoms with Gasteiger partial charge in [-0.15, -0.1) is 0 Å². The minimum atomic E-state index is -4.58. The van der Waals surface area contributed by atoms with E-state index in [1.54, 1.807) is 6.07 Å². The molecule has 13 heteroatoms. The number of amidine groups is 2. The molecule has 2 aromatic rings. The van der Waals surface area contributed by atoms with Gasteiger partial charge < -0.3 is 4.18 Å². The van der Waals surface area contributed by atoms with Gasteiger partial charge in [-0.1, -0.05) is 37.3 Å². The van der Waals surface area contributed by atoms with E-state index in [4.69, 9.17) is 9.59 Å². The lowest BCUT2D eigenvalue weighted by atomic mass is 10.1. The summed E-state index contributed by atoms with van der Waals surface area (Å²) in [4.78, 5) is 26.3. The second-order valence-corrected chi connectivity index (χ2v) is 9.22. The average Bonchev–Trinajstić information content (AvgIpc) is 3.20. The summed E-state index contributed by atoms with van der Waals surface area (Å²) in [6.07, 6.45) is 1.89. The Morgan fingerprint density at radius 3 is 2.64 bits per heavy atom. The van der Waals surface area contributed by atoms with E-state index in [0.717, 1.165) is 12.1 Å². The van der Waals surface area contributed by atoms with Crippen LogP contribution in [0.1, 0.15) is 18.9 Å². The fourth-order valence-electron chi connectivity index (χ4n) is 2.99. The van der Waals surface area contributed by atoms with Crippen molar-refractivity contribution in [2.45, 2.75) is 18.2 Å². The number of rotatable bonds is 6. The van der Waals surface area contributed by atoms with Crippen molar-refractivity contribution < 1.29 is 22.3 Å². The van der Waals surface area contributed by atoms with Crippen LogP contribution in [0.5, 0.6) is 5.75 Å². The molecular weight excluding hydrogens is 470 g/mol. The molecular formula is C20H15N5O6S2. The van der Waals surface area contributed by atoms with E-state index in [0.29, 0.717) is 11.5 Å². The van der Waals surface area contributed by atoms with Crippen molar-refractivity contribution in [1.29, 1.82) is 5.41 Å². The number of thioether (sulfide) groups is 1. The van der Waals surface area contributed by atoms with E-state index in [1.165, 1.54) is 53.2 Å². The molecule has 168 valence electrons. The first-order chi connectivity index (χ1) is 15.7. The molecule has 4 rings (SSSR count). The molecule has 2 heterocycles. The Bertz CT molecular complexity index is 1400. The second kappa shape index (κ2) is 8.60. The van der Waals surface area contributed by atoms with Gasteiger partial charge in [0.05, 0.1) is 10.5 Å². The predicted molar refractivity (Wildman–Crippen MR) is 123 cm³/mol. The quantitative estimate of drug-likeness (QED) is 0.282. The first kappa shape index (κ1) is 22.4. The van der Waals surface area contributed by atoms with Gasteiger partial charge in [0.25, 0.3) is 11.6 Å². The highest BCUT2D eigenvalue weighted by atomic mass is 32.2. The van der Waals surface area contributed by atoms with Crippen LogP contribution in [0.3, 0.4) is 0 Å². The number of nitro groups is 1. The van der Waals surface area contributed by atoms with Gasteiger partial charge in [-0.25, -0.2) is 0 Å². The Morgan fingerprint density at radius 1 is 1.21 bits per heavy atom. The third kappa shape index (κ3) is 4.27. The number of nitrogens with zero attached hydrogens (tertiary/aromatic N) is 4. The number of benzene rings is 2. The topological polar surface area (TPSA) is 155 Å². The SMILES string of the molecule is CCC1=NN2C(=N)/C(=C\c3ccccc3OS(=O)(=O)c3ccccc3[N+](=O)[O-])C(=O)N=C2S1. The summed E-state index contributed by atoms with van der Waals surface area (Å²) in [5.41, 5.74) is -0.576. The maximum atomic E-state index is 12.8. The van der Waals surface area contributed by atoms with Gasteiger partial charge in [0, 0.05) is 11.6 Å². The zero-order chi connectivity index (χ0) is 23.8. The van der Waals surface area contributed by atoms with Crippen molar-refractivity contribution >= 4 is 55.6 Å². The van der Waals surface area contributed by atoms with Gasteiger partial charge in [0.1, 0.15) is 10.8 Å². The molecule has 0 aromatic heterocycles. The summed E-state index contributed by atoms with van der Waals surface area (Å²) in [6, 6.07) is 10.7. The molecule has 0 unspecified atom stereocenters. The summed E-state index contributed by atoms with van der Waals surface area (Å²) in [7, 11) is -4.58. The van der Waals surface area contributed by atoms with Gasteiger partial charge in [-0.3, -0.25) is 20.3 Å². The zero-order valence-electron chi connectivity index (χ0n) is 17.0. The molecule has 2 aromatic carbocycles. The predicted octanol–water partition coefficient (Wildman–Crippen LogP) is 3.39. The summed E-state index contributed by atoms with van der Waals surface area (Å²) < 4.78 is 30.8. The zero-order valence-corrected chi connectivity index (χ0v) is 18.6. The van der Waals surface area contributed by atoms with Crippen LogP contribution in [-0.4, -0.2) is 40.3 Å². The molecule has 0 spiro atoms. The third-order valence-electron chi connectivity index (χ3n) is 4.55. The lowest BCUT2D eigenvalue weighted by Crippen LogP contribution is -2.35. The van der Waals surface area contributed by atoms with Crippen LogP contribution < -0.4 is 4.18 Å². The first-order valence-corrected chi connectivity index (χ1v) is 11.7. The maximum Gasteiger partial charge on any atom is 0.346 e. The van der Waals surface area contributed by atoms with E-state index in [9.17, 15) is 23.3 Å². The number of nitrogens with one attached hydrogen (secondary N) is 1. The standard InChI is InChI=1S/C20H15N5O6S2/c1-2-17-23-24-18(21)13(19(26)22-20(24)32-17)11-12-7-3-5-9-15(12)31-33(29,30)16-10-6-4-8-14(16)25(27)28/h3-11,21H,2H2,1H3/b13-11+,21-18?. The van der Waals surface area contributed by atoms with Crippen LogP contribution in [0.4, 0.5) is 5.69 Å². The lowest BCUT2D eigenvalue weighted by molar-refractivity contribution is -0.387. The fourth-order valence-corrected chi connectivity index (χ4v) is 4.93. The number of para-hydroxylation sites is 2. The molecule has 0 atom stereocenters. The lowest BCUT2D eigenvalue weighted by Gasteiger charge is -2.20. The molecule has 33 heavy (non-hydrogen) atoms. The summed E-state index contributed by atoms with van der Waals surface area (Å²) in [5.74, 6) is -1.06. The summed E-state index contributed by atoms with van der Waals surface area (Å²) >= 11 is 1.20. The van der Waals surface area contributed by atoms with Crippen molar-refractivity contribution in [2.75, 3.05) is 0 Å². The van der Waals surface area contributed by atoms with E-state index >= 15 is 0 Å². The smallest absolute Gasteiger partial charge is 0.346 e. The van der Waals surface area contributed by atoms with Crippen LogP contribution >= 0.6 is 11.8 Å². The molecule has 0 saturated heterocycles. The van der Waals surface area contributed by atoms with E-state index in [2.05, 4.69) is 10.1 Å². The molecule has 0 bridgehead atoms. The molecule has 2 aliphatic rings. The van der Waals surface area contributed by atoms with Crippen LogP contribution in [0.2, 0.25) is 0 Å². The first-order valence-electron chi connectivity index (χ1n) is 9.47. The van der Waals surface area contributed by atoms with Crippen LogP contribution in [0, 0.1) is 15.5 Å². The number of hydrogen-bond acceptors (Lipinski definition) is 9. The highest BCUT2D eigenvalue weighted by Crippen LogP contribution is 2.32. The Balaban J connectivity index is 1.72. The van der Waals surface area contributed by atoms with E-state index in [-0.39, 0.29) is 27.9 Å². The van der Waals surface area contributed by atoms with Crippen molar-refractivity contribution in [3.8, 4) is 5.75 Å². The average molecular weight is 486 g/mol. The Kier molecular flexibility index (Phi) is 5.82. The highest BCUT2D eigenvalue weighted by Gasteiger charge is 2.35. The number of nitro benzene ring substituents is 1. The second-order valence-electron chi connectivity index (χ2n) is 6.67. The highest BCUT2D eigenvalue weighted by molar-refractivity contribution is 8.26. The molecule has 0 fully saturated rings. The van der Waals surface area contributed by atoms with Crippen molar-refractivity contribution in [3.63, 3.8) is 0 Å². The van der Waals surface area contributed by atoms with E-state index in [1.807, 2.05) is 6.92 Å². The number of carbonyl (C=O) groups is 1. The van der Waals surface area contributed by atoms with Gasteiger partial charge in [0.15, 0.2) is 10.7 Å². The maximum absolute atomic E-state index is 12.8. The van der Waals surface area contributed by atoms with Gasteiger partial charge >= 0.3 is 10.1 Å². The van der Waals surface area contributed by atoms with Crippen LogP contribution in [0.15, 0.2) is 69.1 Å². The number of amides is 1. The normalized spacial score (nSPS) is 17.0. The van der Waals surface area contributed by atoms with Crippen LogP contribution in [0.25, 0.3) is 6.08 Å². The number of fused-ring (bicyclic) bond motifs is 1. The Morgan fingerprint density at radius 2 is 1.91 bits per heavy atom. The van der Waals surface area contributed by atoms with E-state index < -0.39 is 31.5 Å². The molecule has 0 aliphatic carbocycles. The largest absolute Gasteiger partial charge is 0.378 e. The van der Waals surface area contributed by atoms with Gasteiger partial charge in [-0.2, -0.15) is 23.5 Å². The Hall–Kier alpha value is -3.84. The number of aliphatic imine (C=N–C) groups is 1. The van der Waals surface area contributed by atoms with Crippen LogP contribution in [-0.2, 0) is 14.9 Å². The number of hydrogen-bond donors (Lipinski definition) is 1. The van der Waals surface area contributed by atoms with Crippen molar-refractivity contribution in [3.05, 3.63) is 69.8 Å². The molecule has 11 nitrogen and oxygen atoms in total. The summed E-state index contributed by atoms with van der Waals surface area (Å²) in [6.45, 7) is 1.89. The van der Waals surface area contributed by atoms with Gasteiger partial charge in [0.2, 0.25) is 5.17 Å². The molecule has 0 radical (unpaired) electrons. The minimum Gasteiger partial charge on any atom is -0.378 e.